The predicted octanol–water partition coefficient (Wildman–Crippen LogP) is 13.9. The lowest BCUT2D eigenvalue weighted by Crippen LogP contribution is -2.18. The minimum Gasteiger partial charge on any atom is -0.385 e. The van der Waals surface area contributed by atoms with Crippen LogP contribution in [0.5, 0.6) is 0 Å². The van der Waals surface area contributed by atoms with Crippen molar-refractivity contribution in [2.24, 2.45) is 0 Å². The zero-order valence-electron chi connectivity index (χ0n) is 45.8. The predicted molar refractivity (Wildman–Crippen MR) is 263 cm³/mol. The molecular formula is C49H118O10. The quantitative estimate of drug-likeness (QED) is 0.104. The monoisotopic (exact) mass is 867 g/mol. The van der Waals surface area contributed by atoms with Gasteiger partial charge in [-0.25, -0.2) is 0 Å². The first kappa shape index (κ1) is 82.3. The molecule has 0 saturated carbocycles. The third-order valence-corrected chi connectivity index (χ3v) is 6.22. The molecule has 2 atom stereocenters. The fraction of sp³-hybridized carbons (Fsp3) is 1.00. The Kier molecular flexibility index (Phi) is 119. The van der Waals surface area contributed by atoms with Crippen molar-refractivity contribution in [1.82, 2.24) is 0 Å². The van der Waals surface area contributed by atoms with E-state index in [1.807, 2.05) is 96.9 Å². The molecule has 0 aliphatic carbocycles. The Balaban J connectivity index is -0.0000000567. The molecule has 374 valence electrons. The maximum atomic E-state index is 5.23. The molecule has 0 rings (SSSR count). The van der Waals surface area contributed by atoms with Gasteiger partial charge in [0.15, 0.2) is 0 Å². The van der Waals surface area contributed by atoms with Gasteiger partial charge in [-0.3, -0.25) is 0 Å². The zero-order chi connectivity index (χ0) is 48.8. The average Bonchev–Trinajstić information content (AvgIpc) is 3.18. The Morgan fingerprint density at radius 2 is 0.763 bits per heavy atom. The van der Waals surface area contributed by atoms with Gasteiger partial charge in [-0.05, 0) is 157 Å². The molecule has 0 aliphatic rings. The van der Waals surface area contributed by atoms with Gasteiger partial charge in [-0.2, -0.15) is 0 Å². The Bertz CT molecular complexity index is 519. The first-order chi connectivity index (χ1) is 27.6. The van der Waals surface area contributed by atoms with Crippen molar-refractivity contribution in [3.8, 4) is 0 Å². The topological polar surface area (TPSA) is 92.3 Å². The van der Waals surface area contributed by atoms with Crippen molar-refractivity contribution >= 4 is 0 Å². The van der Waals surface area contributed by atoms with Gasteiger partial charge < -0.3 is 47.4 Å². The summed E-state index contributed by atoms with van der Waals surface area (Å²) in [5.41, 5.74) is 0.0503. The van der Waals surface area contributed by atoms with Gasteiger partial charge in [-0.1, -0.05) is 40.5 Å². The van der Waals surface area contributed by atoms with Gasteiger partial charge in [0.1, 0.15) is 0 Å². The summed E-state index contributed by atoms with van der Waals surface area (Å²) in [7, 11) is 6.86. The normalized spacial score (nSPS) is 10.7. The molecule has 0 aromatic rings. The summed E-state index contributed by atoms with van der Waals surface area (Å²) < 4.78 is 49.4. The van der Waals surface area contributed by atoms with Crippen molar-refractivity contribution in [1.29, 1.82) is 0 Å². The largest absolute Gasteiger partial charge is 0.385 e. The molecule has 0 fully saturated rings. The van der Waals surface area contributed by atoms with Gasteiger partial charge in [0, 0.05) is 94.5 Å². The van der Waals surface area contributed by atoms with Gasteiger partial charge in [-0.15, -0.1) is 0 Å². The van der Waals surface area contributed by atoms with Crippen LogP contribution in [0.25, 0.3) is 0 Å². The van der Waals surface area contributed by atoms with E-state index in [9.17, 15) is 0 Å². The fourth-order valence-corrected chi connectivity index (χ4v) is 2.67. The van der Waals surface area contributed by atoms with E-state index < -0.39 is 0 Å². The van der Waals surface area contributed by atoms with Gasteiger partial charge >= 0.3 is 0 Å². The Labute approximate surface area is 374 Å². The van der Waals surface area contributed by atoms with E-state index in [-0.39, 0.29) is 5.60 Å². The SMILES string of the molecule is CCC(C)OC.CCCC(C)OC.CCCCOCC.CCCOCC.CCOC.CCOC(C)(C)C.CCOC(C)C.CCOC(C)C.CCOCC.COC(C)C. The number of ether oxygens (including phenoxy) is 10. The standard InChI is InChI=1S/3C6H14O.4C5H12O.2C4H10O.C3H8O/c1-5-7-6(2,3)4;1-4-5-6(2)7-3;1-3-5-6-7-4-2;1-4-5(2)6-3;2*1-4-6-5(2)3;1-3-5-6-4-2;1-4(2)5-3;1-3-5-4-2;1-3-4-2/h5H2,1-4H3;6H,4-5H2,1-3H3;3-6H2,1-2H3;3*5H,4H2,1-3H3;3-5H2,1-2H3;4H,1-3H3;3-4H2,1-2H3;3H2,1-2H3. The highest BCUT2D eigenvalue weighted by Gasteiger charge is 2.06. The first-order valence-corrected chi connectivity index (χ1v) is 23.3. The van der Waals surface area contributed by atoms with Crippen LogP contribution in [0.1, 0.15) is 198 Å². The van der Waals surface area contributed by atoms with Crippen molar-refractivity contribution in [3.05, 3.63) is 0 Å². The molecule has 0 aromatic heterocycles. The molecule has 0 spiro atoms. The van der Waals surface area contributed by atoms with E-state index in [1.54, 1.807) is 28.4 Å². The molecule has 0 amide bonds. The number of rotatable bonds is 21. The van der Waals surface area contributed by atoms with Crippen LogP contribution in [0.3, 0.4) is 0 Å². The van der Waals surface area contributed by atoms with Crippen molar-refractivity contribution in [3.63, 3.8) is 0 Å². The van der Waals surface area contributed by atoms with Crippen LogP contribution in [0.2, 0.25) is 0 Å². The lowest BCUT2D eigenvalue weighted by molar-refractivity contribution is 0.00531. The van der Waals surface area contributed by atoms with E-state index >= 15 is 0 Å². The Morgan fingerprint density at radius 1 is 0.390 bits per heavy atom. The molecule has 0 aromatic carbocycles. The molecule has 10 heteroatoms. The summed E-state index contributed by atoms with van der Waals surface area (Å²) in [6, 6.07) is 0. The molecule has 2 unspecified atom stereocenters. The van der Waals surface area contributed by atoms with Gasteiger partial charge in [0.05, 0.1) is 36.1 Å². The number of hydrogen-bond donors (Lipinski definition) is 0. The third kappa shape index (κ3) is 190. The Hall–Kier alpha value is -0.400. The second kappa shape index (κ2) is 85.0. The molecule has 59 heavy (non-hydrogen) atoms. The number of hydrogen-bond acceptors (Lipinski definition) is 10. The second-order valence-corrected chi connectivity index (χ2v) is 14.2. The Morgan fingerprint density at radius 3 is 0.847 bits per heavy atom. The number of unbranched alkanes of at least 4 members (excludes halogenated alkanes) is 1. The molecule has 0 saturated heterocycles. The maximum Gasteiger partial charge on any atom is 0.0598 e. The molecule has 0 bridgehead atoms. The molecule has 0 heterocycles. The highest BCUT2D eigenvalue weighted by Crippen LogP contribution is 2.04. The second-order valence-electron chi connectivity index (χ2n) is 14.2. The zero-order valence-corrected chi connectivity index (χ0v) is 45.8. The highest BCUT2D eigenvalue weighted by molar-refractivity contribution is 4.56. The van der Waals surface area contributed by atoms with Crippen LogP contribution in [0.15, 0.2) is 0 Å². The fourth-order valence-electron chi connectivity index (χ4n) is 2.67. The van der Waals surface area contributed by atoms with E-state index in [0.29, 0.717) is 30.5 Å². The molecule has 10 nitrogen and oxygen atoms in total. The summed E-state index contributed by atoms with van der Waals surface area (Å²) in [5.74, 6) is 0. The van der Waals surface area contributed by atoms with E-state index in [2.05, 4.69) is 67.1 Å². The molecular weight excluding hydrogens is 749 g/mol. The summed E-state index contributed by atoms with van der Waals surface area (Å²) >= 11 is 0. The van der Waals surface area contributed by atoms with Crippen LogP contribution in [-0.4, -0.2) is 131 Å². The maximum absolute atomic E-state index is 5.23. The minimum atomic E-state index is 0.0503. The summed E-state index contributed by atoms with van der Waals surface area (Å²) in [6.07, 6.45) is 9.14. The van der Waals surface area contributed by atoms with E-state index in [1.165, 1.54) is 25.7 Å². The molecule has 0 aliphatic heterocycles. The minimum absolute atomic E-state index is 0.0503. The lowest BCUT2D eigenvalue weighted by Gasteiger charge is -2.17. The molecule has 0 radical (unpaired) electrons. The summed E-state index contributed by atoms with van der Waals surface area (Å²) in [6.45, 7) is 55.5. The van der Waals surface area contributed by atoms with E-state index in [0.717, 1.165) is 78.9 Å². The van der Waals surface area contributed by atoms with Crippen LogP contribution in [0.4, 0.5) is 0 Å². The van der Waals surface area contributed by atoms with Crippen molar-refractivity contribution in [2.45, 2.75) is 234 Å². The van der Waals surface area contributed by atoms with Gasteiger partial charge in [0.25, 0.3) is 0 Å². The first-order valence-electron chi connectivity index (χ1n) is 23.3. The van der Waals surface area contributed by atoms with Crippen LogP contribution in [-0.2, 0) is 47.4 Å². The average molecular weight is 867 g/mol. The highest BCUT2D eigenvalue weighted by atomic mass is 16.5. The molecule has 0 N–H and O–H groups in total. The smallest absolute Gasteiger partial charge is 0.0598 e. The van der Waals surface area contributed by atoms with Crippen LogP contribution in [0, 0.1) is 0 Å². The van der Waals surface area contributed by atoms with Crippen molar-refractivity contribution < 1.29 is 47.4 Å². The lowest BCUT2D eigenvalue weighted by atomic mass is 10.2. The van der Waals surface area contributed by atoms with Crippen LogP contribution >= 0.6 is 0 Å². The van der Waals surface area contributed by atoms with E-state index in [4.69, 9.17) is 42.6 Å². The third-order valence-electron chi connectivity index (χ3n) is 6.22. The number of methoxy groups -OCH3 is 4. The van der Waals surface area contributed by atoms with Gasteiger partial charge in [0.2, 0.25) is 0 Å². The summed E-state index contributed by atoms with van der Waals surface area (Å²) in [5, 5.41) is 0. The van der Waals surface area contributed by atoms with Crippen LogP contribution < -0.4 is 0 Å². The van der Waals surface area contributed by atoms with Crippen molar-refractivity contribution in [2.75, 3.05) is 94.5 Å². The summed E-state index contributed by atoms with van der Waals surface area (Å²) in [4.78, 5) is 0.